The summed E-state index contributed by atoms with van der Waals surface area (Å²) in [5.41, 5.74) is 11.8. The van der Waals surface area contributed by atoms with Crippen molar-refractivity contribution in [2.24, 2.45) is 0 Å². The highest BCUT2D eigenvalue weighted by atomic mass is 16.4. The summed E-state index contributed by atoms with van der Waals surface area (Å²) < 4.78 is 0. The molecule has 0 atom stereocenters. The van der Waals surface area contributed by atoms with Crippen LogP contribution in [0.1, 0.15) is 111 Å². The highest BCUT2D eigenvalue weighted by molar-refractivity contribution is 6.02. The van der Waals surface area contributed by atoms with Crippen molar-refractivity contribution in [1.82, 2.24) is 20.6 Å². The number of amides is 2. The van der Waals surface area contributed by atoms with E-state index in [1.54, 1.807) is 0 Å². The van der Waals surface area contributed by atoms with Crippen molar-refractivity contribution in [2.75, 3.05) is 0 Å². The van der Waals surface area contributed by atoms with Crippen LogP contribution in [-0.4, -0.2) is 43.9 Å². The van der Waals surface area contributed by atoms with Crippen LogP contribution in [0.3, 0.4) is 0 Å². The molecule has 0 spiro atoms. The van der Waals surface area contributed by atoms with Crippen molar-refractivity contribution in [1.29, 1.82) is 0 Å². The highest BCUT2D eigenvalue weighted by Gasteiger charge is 2.27. The standard InChI is InChI=1S/C35H44N4O6/c1-7-20-22(9-3)34(44)38-28(20)15-26-18(5)24(11-13-32(40)41)30(36-26)17-31-25(12-14-33(42)43)19(6)27(37-31)16-29-21(8-2)23(10-4)35(45)39-29/h15-16,36-37H,7-14,17H2,1-6H3,(H,38,44)(H,39,45)(H,40,41)(H,42,43)/b28-15-,29-16-. The summed E-state index contributed by atoms with van der Waals surface area (Å²) >= 11 is 0. The van der Waals surface area contributed by atoms with E-state index in [1.807, 2.05) is 53.7 Å². The van der Waals surface area contributed by atoms with Gasteiger partial charge in [0.1, 0.15) is 0 Å². The number of nitrogens with one attached hydrogen (secondary N) is 4. The van der Waals surface area contributed by atoms with Gasteiger partial charge in [-0.15, -0.1) is 0 Å². The summed E-state index contributed by atoms with van der Waals surface area (Å²) in [7, 11) is 0. The predicted octanol–water partition coefficient (Wildman–Crippen LogP) is 5.76. The molecule has 45 heavy (non-hydrogen) atoms. The van der Waals surface area contributed by atoms with Crippen LogP contribution < -0.4 is 10.6 Å². The van der Waals surface area contributed by atoms with Gasteiger partial charge in [0.05, 0.1) is 0 Å². The fraction of sp³-hybridized carbons (Fsp3) is 0.429. The fourth-order valence-electron chi connectivity index (χ4n) is 6.59. The third kappa shape index (κ3) is 6.90. The Bertz CT molecular complexity index is 1550. The highest BCUT2D eigenvalue weighted by Crippen LogP contribution is 2.33. The smallest absolute Gasteiger partial charge is 0.303 e. The summed E-state index contributed by atoms with van der Waals surface area (Å²) in [6.07, 6.45) is 7.46. The molecule has 2 aliphatic rings. The second kappa shape index (κ2) is 14.0. The number of carbonyl (C=O) groups is 4. The third-order valence-corrected chi connectivity index (χ3v) is 8.96. The lowest BCUT2D eigenvalue weighted by Crippen LogP contribution is -2.16. The molecule has 0 fully saturated rings. The Labute approximate surface area is 263 Å². The third-order valence-electron chi connectivity index (χ3n) is 8.96. The van der Waals surface area contributed by atoms with Crippen molar-refractivity contribution < 1.29 is 29.4 Å². The van der Waals surface area contributed by atoms with E-state index in [0.29, 0.717) is 44.9 Å². The molecule has 0 unspecified atom stereocenters. The number of hydrogen-bond donors (Lipinski definition) is 6. The lowest BCUT2D eigenvalue weighted by Gasteiger charge is -2.07. The molecule has 6 N–H and O–H groups in total. The van der Waals surface area contributed by atoms with E-state index in [9.17, 15) is 29.4 Å². The number of aromatic amines is 2. The number of rotatable bonds is 14. The Morgan fingerprint density at radius 1 is 0.622 bits per heavy atom. The molecule has 0 aliphatic carbocycles. The first-order chi connectivity index (χ1) is 21.4. The molecule has 240 valence electrons. The maximum Gasteiger partial charge on any atom is 0.303 e. The molecule has 0 bridgehead atoms. The average Bonchev–Trinajstić information content (AvgIpc) is 3.66. The summed E-state index contributed by atoms with van der Waals surface area (Å²) in [6.45, 7) is 11.9. The largest absolute Gasteiger partial charge is 0.481 e. The minimum atomic E-state index is -0.898. The molecular formula is C35H44N4O6. The van der Waals surface area contributed by atoms with Gasteiger partial charge in [0.25, 0.3) is 11.8 Å². The number of carboxylic acid groups (broad SMARTS) is 2. The molecule has 0 aromatic carbocycles. The van der Waals surface area contributed by atoms with Gasteiger partial charge in [-0.3, -0.25) is 19.2 Å². The normalized spacial score (nSPS) is 16.8. The van der Waals surface area contributed by atoms with Crippen molar-refractivity contribution in [2.45, 2.75) is 99.3 Å². The van der Waals surface area contributed by atoms with E-state index in [4.69, 9.17) is 0 Å². The lowest BCUT2D eigenvalue weighted by molar-refractivity contribution is -0.138. The molecule has 2 aromatic rings. The molecule has 10 nitrogen and oxygen atoms in total. The SMILES string of the molecule is CCC1=C(CC)/C(=C/c2[nH]c(Cc3[nH]c(/C=C4\NC(=O)C(CC)=C4CC)c(C)c3CCC(=O)O)c(CCC(=O)O)c2C)NC1=O. The van der Waals surface area contributed by atoms with Crippen LogP contribution in [0.4, 0.5) is 0 Å². The Kier molecular flexibility index (Phi) is 10.4. The van der Waals surface area contributed by atoms with Crippen LogP contribution in [0.5, 0.6) is 0 Å². The van der Waals surface area contributed by atoms with Crippen LogP contribution in [0, 0.1) is 13.8 Å². The summed E-state index contributed by atoms with van der Waals surface area (Å²) in [4.78, 5) is 55.4. The first kappa shape index (κ1) is 33.3. The molecule has 2 aliphatic heterocycles. The second-order valence-corrected chi connectivity index (χ2v) is 11.6. The van der Waals surface area contributed by atoms with Crippen molar-refractivity contribution in [3.05, 3.63) is 78.7 Å². The number of allylic oxidation sites excluding steroid dienone is 2. The van der Waals surface area contributed by atoms with E-state index < -0.39 is 11.9 Å². The maximum atomic E-state index is 12.6. The van der Waals surface area contributed by atoms with Gasteiger partial charge in [-0.25, -0.2) is 0 Å². The number of aromatic nitrogens is 2. The van der Waals surface area contributed by atoms with Gasteiger partial charge in [-0.1, -0.05) is 27.7 Å². The van der Waals surface area contributed by atoms with Crippen LogP contribution in [0.15, 0.2) is 33.7 Å². The van der Waals surface area contributed by atoms with Crippen molar-refractivity contribution >= 4 is 35.9 Å². The fourth-order valence-corrected chi connectivity index (χ4v) is 6.59. The van der Waals surface area contributed by atoms with Gasteiger partial charge in [-0.2, -0.15) is 0 Å². The van der Waals surface area contributed by atoms with Crippen LogP contribution in [-0.2, 0) is 38.4 Å². The van der Waals surface area contributed by atoms with E-state index >= 15 is 0 Å². The molecule has 4 heterocycles. The first-order valence-corrected chi connectivity index (χ1v) is 15.8. The molecular weight excluding hydrogens is 572 g/mol. The van der Waals surface area contributed by atoms with Crippen LogP contribution >= 0.6 is 0 Å². The topological polar surface area (TPSA) is 164 Å². The van der Waals surface area contributed by atoms with Gasteiger partial charge in [0, 0.05) is 64.6 Å². The molecule has 0 radical (unpaired) electrons. The Balaban J connectivity index is 1.81. The minimum Gasteiger partial charge on any atom is -0.481 e. The van der Waals surface area contributed by atoms with E-state index in [0.717, 1.165) is 78.7 Å². The van der Waals surface area contributed by atoms with Gasteiger partial charge < -0.3 is 30.8 Å². The van der Waals surface area contributed by atoms with E-state index in [1.165, 1.54) is 0 Å². The number of carboxylic acids is 2. The van der Waals surface area contributed by atoms with Gasteiger partial charge in [0.15, 0.2) is 0 Å². The van der Waals surface area contributed by atoms with Gasteiger partial charge >= 0.3 is 11.9 Å². The maximum absolute atomic E-state index is 12.6. The monoisotopic (exact) mass is 616 g/mol. The molecule has 2 amide bonds. The molecule has 10 heteroatoms. The molecule has 2 aromatic heterocycles. The zero-order valence-corrected chi connectivity index (χ0v) is 27.0. The van der Waals surface area contributed by atoms with Gasteiger partial charge in [0.2, 0.25) is 0 Å². The number of carbonyl (C=O) groups excluding carboxylic acids is 2. The second-order valence-electron chi connectivity index (χ2n) is 11.6. The van der Waals surface area contributed by atoms with Crippen LogP contribution in [0.2, 0.25) is 0 Å². The first-order valence-electron chi connectivity index (χ1n) is 15.8. The van der Waals surface area contributed by atoms with Gasteiger partial charge in [-0.05, 0) is 97.9 Å². The zero-order valence-electron chi connectivity index (χ0n) is 27.0. The lowest BCUT2D eigenvalue weighted by atomic mass is 9.98. The Morgan fingerprint density at radius 3 is 1.29 bits per heavy atom. The average molecular weight is 617 g/mol. The molecule has 0 saturated carbocycles. The summed E-state index contributed by atoms with van der Waals surface area (Å²) in [5, 5.41) is 25.0. The van der Waals surface area contributed by atoms with Crippen LogP contribution in [0.25, 0.3) is 12.2 Å². The Hall–Kier alpha value is -4.60. The number of hydrogen-bond acceptors (Lipinski definition) is 4. The van der Waals surface area contributed by atoms with E-state index in [2.05, 4.69) is 20.6 Å². The number of H-pyrrole nitrogens is 2. The van der Waals surface area contributed by atoms with Crippen molar-refractivity contribution in [3.63, 3.8) is 0 Å². The molecule has 0 saturated heterocycles. The minimum absolute atomic E-state index is 0.0445. The van der Waals surface area contributed by atoms with Crippen molar-refractivity contribution in [3.8, 4) is 0 Å². The zero-order chi connectivity index (χ0) is 33.0. The summed E-state index contributed by atoms with van der Waals surface area (Å²) in [6, 6.07) is 0. The quantitative estimate of drug-likeness (QED) is 0.158. The summed E-state index contributed by atoms with van der Waals surface area (Å²) in [5.74, 6) is -1.98. The Morgan fingerprint density at radius 2 is 0.978 bits per heavy atom. The van der Waals surface area contributed by atoms with E-state index in [-0.39, 0.29) is 24.7 Å². The number of aliphatic carboxylic acids is 2. The molecule has 4 rings (SSSR count). The predicted molar refractivity (Wildman–Crippen MR) is 173 cm³/mol.